The molecule has 0 aliphatic carbocycles. The number of carbonyl (C=O) groups excluding carboxylic acids is 1. The fourth-order valence-corrected chi connectivity index (χ4v) is 5.26. The van der Waals surface area contributed by atoms with Gasteiger partial charge >= 0.3 is 5.97 Å². The Bertz CT molecular complexity index is 1310. The zero-order chi connectivity index (χ0) is 23.5. The van der Waals surface area contributed by atoms with Crippen LogP contribution in [0.15, 0.2) is 35.1 Å². The molecule has 2 N–H and O–H groups in total. The lowest BCUT2D eigenvalue weighted by Crippen LogP contribution is -2.24. The third-order valence-corrected chi connectivity index (χ3v) is 7.22. The number of fused-ring (bicyclic) bond motifs is 1. The van der Waals surface area contributed by atoms with Crippen molar-refractivity contribution in [3.8, 4) is 5.75 Å². The fourth-order valence-electron chi connectivity index (χ4n) is 3.58. The van der Waals surface area contributed by atoms with Crippen molar-refractivity contribution in [3.63, 3.8) is 0 Å². The second-order valence-electron chi connectivity index (χ2n) is 7.31. The number of carbonyl (C=O) groups is 1. The number of methoxy groups -OCH3 is 1. The third-order valence-electron chi connectivity index (χ3n) is 5.14. The average molecular weight is 479 g/mol. The van der Waals surface area contributed by atoms with Crippen LogP contribution in [0, 0.1) is 6.92 Å². The Morgan fingerprint density at radius 1 is 1.12 bits per heavy atom. The SMILES string of the molecule is CCOC(=O)c1sc2c(CCc3ccccc3OC)cc(CCS(N)(=O)=O)c(=O)n2c1C. The number of sulfonamides is 1. The number of rotatable bonds is 9. The molecule has 0 saturated carbocycles. The minimum absolute atomic E-state index is 0.00765. The molecule has 0 aliphatic heterocycles. The lowest BCUT2D eigenvalue weighted by Gasteiger charge is -2.11. The predicted molar refractivity (Wildman–Crippen MR) is 124 cm³/mol. The number of aryl methyl sites for hydroxylation is 4. The maximum Gasteiger partial charge on any atom is 0.350 e. The summed E-state index contributed by atoms with van der Waals surface area (Å²) in [5.74, 6) is -0.0607. The van der Waals surface area contributed by atoms with E-state index in [-0.39, 0.29) is 24.3 Å². The summed E-state index contributed by atoms with van der Waals surface area (Å²) < 4.78 is 35.0. The molecule has 1 aromatic carbocycles. The van der Waals surface area contributed by atoms with E-state index < -0.39 is 16.0 Å². The van der Waals surface area contributed by atoms with Crippen LogP contribution in [0.4, 0.5) is 0 Å². The molecule has 10 heteroatoms. The van der Waals surface area contributed by atoms with Crippen molar-refractivity contribution in [2.45, 2.75) is 33.1 Å². The normalized spacial score (nSPS) is 11.6. The van der Waals surface area contributed by atoms with Crippen molar-refractivity contribution >= 4 is 32.2 Å². The van der Waals surface area contributed by atoms with Gasteiger partial charge in [-0.3, -0.25) is 9.20 Å². The number of pyridine rings is 1. The molecule has 0 unspecified atom stereocenters. The summed E-state index contributed by atoms with van der Waals surface area (Å²) in [4.78, 5) is 26.6. The molecule has 2 aromatic heterocycles. The summed E-state index contributed by atoms with van der Waals surface area (Å²) in [5.41, 5.74) is 2.30. The first-order valence-corrected chi connectivity index (χ1v) is 12.7. The van der Waals surface area contributed by atoms with Gasteiger partial charge in [0, 0.05) is 11.3 Å². The first-order valence-electron chi connectivity index (χ1n) is 10.1. The van der Waals surface area contributed by atoms with E-state index in [1.165, 1.54) is 15.7 Å². The molecule has 0 saturated heterocycles. The highest BCUT2D eigenvalue weighted by atomic mass is 32.2. The molecule has 0 amide bonds. The molecule has 8 nitrogen and oxygen atoms in total. The summed E-state index contributed by atoms with van der Waals surface area (Å²) in [5, 5.41) is 5.15. The number of benzene rings is 1. The number of nitrogens with zero attached hydrogens (tertiary/aromatic N) is 1. The van der Waals surface area contributed by atoms with Gasteiger partial charge in [-0.15, -0.1) is 11.3 Å². The van der Waals surface area contributed by atoms with Gasteiger partial charge in [0.1, 0.15) is 15.5 Å². The maximum absolute atomic E-state index is 13.1. The Hall–Kier alpha value is -2.69. The molecule has 2 heterocycles. The number of nitrogens with two attached hydrogens (primary N) is 1. The third kappa shape index (κ3) is 5.20. The van der Waals surface area contributed by atoms with Crippen LogP contribution < -0.4 is 15.4 Å². The van der Waals surface area contributed by atoms with E-state index >= 15 is 0 Å². The molecule has 3 aromatic rings. The number of primary sulfonamides is 1. The molecule has 0 atom stereocenters. The lowest BCUT2D eigenvalue weighted by molar-refractivity contribution is 0.0531. The summed E-state index contributed by atoms with van der Waals surface area (Å²) in [7, 11) is -2.12. The summed E-state index contributed by atoms with van der Waals surface area (Å²) in [6.07, 6.45) is 1.19. The van der Waals surface area contributed by atoms with E-state index in [1.54, 1.807) is 27.0 Å². The van der Waals surface area contributed by atoms with Crippen molar-refractivity contribution in [3.05, 3.63) is 67.9 Å². The van der Waals surface area contributed by atoms with Crippen LogP contribution in [-0.4, -0.2) is 38.3 Å². The monoisotopic (exact) mass is 478 g/mol. The number of thiazole rings is 1. The van der Waals surface area contributed by atoms with Gasteiger partial charge in [0.15, 0.2) is 0 Å². The highest BCUT2D eigenvalue weighted by molar-refractivity contribution is 7.89. The number of esters is 1. The molecule has 0 radical (unpaired) electrons. The lowest BCUT2D eigenvalue weighted by atomic mass is 10.0. The van der Waals surface area contributed by atoms with Crippen LogP contribution in [0.2, 0.25) is 0 Å². The first kappa shape index (κ1) is 24.0. The Balaban J connectivity index is 2.11. The van der Waals surface area contributed by atoms with Gasteiger partial charge in [0.2, 0.25) is 10.0 Å². The molecule has 0 spiro atoms. The zero-order valence-electron chi connectivity index (χ0n) is 18.2. The number of aromatic nitrogens is 1. The van der Waals surface area contributed by atoms with Crippen LogP contribution in [0.1, 0.15) is 39.0 Å². The smallest absolute Gasteiger partial charge is 0.350 e. The van der Waals surface area contributed by atoms with Crippen molar-refractivity contribution in [2.75, 3.05) is 19.5 Å². The van der Waals surface area contributed by atoms with E-state index in [0.29, 0.717) is 33.8 Å². The topological polar surface area (TPSA) is 117 Å². The molecule has 172 valence electrons. The Morgan fingerprint density at radius 3 is 2.47 bits per heavy atom. The summed E-state index contributed by atoms with van der Waals surface area (Å²) in [6, 6.07) is 9.39. The van der Waals surface area contributed by atoms with Crippen molar-refractivity contribution in [2.24, 2.45) is 5.14 Å². The molecular formula is C22H26N2O6S2. The standard InChI is InChI=1S/C22H26N2O6S2/c1-4-30-22(26)19-14(2)24-20(25)16(11-12-32(23,27)28)13-17(21(24)31-19)10-9-15-7-5-6-8-18(15)29-3/h5-8,13H,4,9-12H2,1-3H3,(H2,23,27,28). The van der Waals surface area contributed by atoms with Gasteiger partial charge in [-0.1, -0.05) is 18.2 Å². The molecule has 0 aliphatic rings. The molecule has 32 heavy (non-hydrogen) atoms. The minimum atomic E-state index is -3.73. The highest BCUT2D eigenvalue weighted by Crippen LogP contribution is 2.28. The van der Waals surface area contributed by atoms with Crippen LogP contribution >= 0.6 is 11.3 Å². The van der Waals surface area contributed by atoms with Gasteiger partial charge < -0.3 is 9.47 Å². The Morgan fingerprint density at radius 2 is 1.81 bits per heavy atom. The second-order valence-corrected chi connectivity index (χ2v) is 10.0. The van der Waals surface area contributed by atoms with E-state index in [2.05, 4.69) is 0 Å². The number of hydrogen-bond donors (Lipinski definition) is 1. The quantitative estimate of drug-likeness (QED) is 0.472. The minimum Gasteiger partial charge on any atom is -0.496 e. The first-order chi connectivity index (χ1) is 15.2. The van der Waals surface area contributed by atoms with Gasteiger partial charge in [-0.05, 0) is 56.4 Å². The van der Waals surface area contributed by atoms with Gasteiger partial charge in [0.25, 0.3) is 5.56 Å². The number of para-hydroxylation sites is 1. The van der Waals surface area contributed by atoms with E-state index in [4.69, 9.17) is 14.6 Å². The van der Waals surface area contributed by atoms with E-state index in [9.17, 15) is 18.0 Å². The number of ether oxygens (including phenoxy) is 2. The molecule has 0 bridgehead atoms. The maximum atomic E-state index is 13.1. The van der Waals surface area contributed by atoms with E-state index in [0.717, 1.165) is 16.9 Å². The predicted octanol–water partition coefficient (Wildman–Crippen LogP) is 2.47. The second kappa shape index (κ2) is 9.85. The number of hydrogen-bond acceptors (Lipinski definition) is 7. The summed E-state index contributed by atoms with van der Waals surface area (Å²) in [6.45, 7) is 3.63. The highest BCUT2D eigenvalue weighted by Gasteiger charge is 2.22. The van der Waals surface area contributed by atoms with Crippen LogP contribution in [0.3, 0.4) is 0 Å². The van der Waals surface area contributed by atoms with Crippen LogP contribution in [0.25, 0.3) is 4.83 Å². The Labute approximate surface area is 190 Å². The average Bonchev–Trinajstić information content (AvgIpc) is 3.10. The Kier molecular flexibility index (Phi) is 7.37. The zero-order valence-corrected chi connectivity index (χ0v) is 19.8. The molecule has 0 fully saturated rings. The molecular weight excluding hydrogens is 452 g/mol. The largest absolute Gasteiger partial charge is 0.496 e. The van der Waals surface area contributed by atoms with E-state index in [1.807, 2.05) is 24.3 Å². The summed E-state index contributed by atoms with van der Waals surface area (Å²) >= 11 is 1.20. The van der Waals surface area contributed by atoms with Gasteiger partial charge in [0.05, 0.1) is 19.5 Å². The van der Waals surface area contributed by atoms with Crippen molar-refractivity contribution in [1.29, 1.82) is 0 Å². The molecule has 3 rings (SSSR count). The van der Waals surface area contributed by atoms with Gasteiger partial charge in [-0.2, -0.15) is 0 Å². The van der Waals surface area contributed by atoms with Crippen molar-refractivity contribution in [1.82, 2.24) is 4.40 Å². The fraction of sp³-hybridized carbons (Fsp3) is 0.364. The van der Waals surface area contributed by atoms with Crippen LogP contribution in [0.5, 0.6) is 5.75 Å². The van der Waals surface area contributed by atoms with Gasteiger partial charge in [-0.25, -0.2) is 18.4 Å². The van der Waals surface area contributed by atoms with Crippen molar-refractivity contribution < 1.29 is 22.7 Å². The van der Waals surface area contributed by atoms with Crippen LogP contribution in [-0.2, 0) is 34.0 Å².